The van der Waals surface area contributed by atoms with Crippen LogP contribution in [0.5, 0.6) is 0 Å². The van der Waals surface area contributed by atoms with Crippen LogP contribution in [0.4, 0.5) is 5.95 Å². The Bertz CT molecular complexity index is 750. The highest BCUT2D eigenvalue weighted by Crippen LogP contribution is 2.35. The normalized spacial score (nSPS) is 26.0. The van der Waals surface area contributed by atoms with E-state index in [2.05, 4.69) is 14.6 Å². The van der Waals surface area contributed by atoms with Crippen LogP contribution in [0, 0.1) is 0 Å². The Hall–Kier alpha value is -1.59. The van der Waals surface area contributed by atoms with Crippen LogP contribution in [0.15, 0.2) is 17.1 Å². The van der Waals surface area contributed by atoms with Crippen molar-refractivity contribution in [3.05, 3.63) is 22.6 Å². The van der Waals surface area contributed by atoms with Gasteiger partial charge < -0.3 is 30.1 Å². The highest BCUT2D eigenvalue weighted by Gasteiger charge is 2.37. The number of rotatable bonds is 5. The van der Waals surface area contributed by atoms with Crippen molar-refractivity contribution in [2.24, 2.45) is 0 Å². The molecule has 6 N–H and O–H groups in total. The zero-order chi connectivity index (χ0) is 16.6. The van der Waals surface area contributed by atoms with E-state index < -0.39 is 38.9 Å². The van der Waals surface area contributed by atoms with E-state index in [1.807, 2.05) is 0 Å². The summed E-state index contributed by atoms with van der Waals surface area (Å²) < 4.78 is 11.5. The summed E-state index contributed by atoms with van der Waals surface area (Å²) in [4.78, 5) is 32.2. The first-order valence-corrected chi connectivity index (χ1v) is 8.00. The largest absolute Gasteiger partial charge is 0.388 e. The SMILES string of the molecule is Nc1nc2c(ccn2[C@@H]2O[C@H](OOP(O)CO)C[C@@H]2O)c(=O)[nH]1. The lowest BCUT2D eigenvalue weighted by Crippen LogP contribution is -2.20. The number of hydrogen-bond donors (Lipinski definition) is 5. The summed E-state index contributed by atoms with van der Waals surface area (Å²) in [5, 5.41) is 19.1. The van der Waals surface area contributed by atoms with Crippen LogP contribution in [-0.2, 0) is 14.3 Å². The number of ether oxygens (including phenoxy) is 1. The molecule has 2 aromatic heterocycles. The summed E-state index contributed by atoms with van der Waals surface area (Å²) in [7, 11) is -2.11. The quantitative estimate of drug-likeness (QED) is 0.262. The number of nitrogen functional groups attached to an aromatic ring is 1. The first kappa shape index (κ1) is 16.3. The summed E-state index contributed by atoms with van der Waals surface area (Å²) in [5.41, 5.74) is 5.39. The number of anilines is 1. The molecular formula is C11H15N4O7P. The van der Waals surface area contributed by atoms with E-state index in [4.69, 9.17) is 25.4 Å². The molecule has 1 aliphatic heterocycles. The zero-order valence-electron chi connectivity index (χ0n) is 11.7. The van der Waals surface area contributed by atoms with E-state index in [0.717, 1.165) is 0 Å². The van der Waals surface area contributed by atoms with Crippen LogP contribution in [0.1, 0.15) is 12.6 Å². The van der Waals surface area contributed by atoms with Crippen LogP contribution in [-0.4, -0.2) is 48.4 Å². The number of hydrogen-bond acceptors (Lipinski definition) is 9. The van der Waals surface area contributed by atoms with E-state index in [9.17, 15) is 9.90 Å². The molecule has 0 radical (unpaired) electrons. The third-order valence-corrected chi connectivity index (χ3v) is 3.79. The van der Waals surface area contributed by atoms with Gasteiger partial charge in [-0.2, -0.15) is 14.5 Å². The predicted molar refractivity (Wildman–Crippen MR) is 77.7 cm³/mol. The Kier molecular flexibility index (Phi) is 4.60. The number of nitrogens with two attached hydrogens (primary N) is 1. The minimum absolute atomic E-state index is 0.0556. The third kappa shape index (κ3) is 3.21. The Morgan fingerprint density at radius 3 is 3.13 bits per heavy atom. The lowest BCUT2D eigenvalue weighted by Gasteiger charge is -2.17. The van der Waals surface area contributed by atoms with Gasteiger partial charge in [0.15, 0.2) is 18.2 Å². The lowest BCUT2D eigenvalue weighted by atomic mass is 10.2. The molecule has 1 saturated heterocycles. The highest BCUT2D eigenvalue weighted by molar-refractivity contribution is 7.45. The molecule has 1 unspecified atom stereocenters. The van der Waals surface area contributed by atoms with Gasteiger partial charge in [0, 0.05) is 12.6 Å². The number of fused-ring (bicyclic) bond motifs is 1. The Morgan fingerprint density at radius 2 is 2.39 bits per heavy atom. The minimum atomic E-state index is -2.11. The number of aliphatic hydroxyl groups excluding tert-OH is 2. The predicted octanol–water partition coefficient (Wildman–Crippen LogP) is -0.885. The molecule has 12 heteroatoms. The van der Waals surface area contributed by atoms with Gasteiger partial charge in [-0.15, -0.1) is 0 Å². The van der Waals surface area contributed by atoms with Gasteiger partial charge in [0.05, 0.1) is 5.39 Å². The van der Waals surface area contributed by atoms with E-state index in [-0.39, 0.29) is 18.0 Å². The smallest absolute Gasteiger partial charge is 0.261 e. The van der Waals surface area contributed by atoms with Crippen LogP contribution in [0.2, 0.25) is 0 Å². The summed E-state index contributed by atoms with van der Waals surface area (Å²) >= 11 is 0. The summed E-state index contributed by atoms with van der Waals surface area (Å²) in [5.74, 6) is -0.0556. The number of aliphatic hydroxyl groups is 2. The van der Waals surface area contributed by atoms with Crippen LogP contribution in [0.25, 0.3) is 11.0 Å². The average molecular weight is 346 g/mol. The zero-order valence-corrected chi connectivity index (χ0v) is 12.6. The van der Waals surface area contributed by atoms with Gasteiger partial charge in [-0.3, -0.25) is 9.78 Å². The Morgan fingerprint density at radius 1 is 1.61 bits per heavy atom. The van der Waals surface area contributed by atoms with E-state index in [0.29, 0.717) is 5.39 Å². The van der Waals surface area contributed by atoms with Crippen molar-refractivity contribution in [2.45, 2.75) is 25.0 Å². The molecule has 0 spiro atoms. The van der Waals surface area contributed by atoms with Gasteiger partial charge in [-0.25, -0.2) is 0 Å². The second-order valence-corrected chi connectivity index (χ2v) is 5.97. The van der Waals surface area contributed by atoms with Crippen molar-refractivity contribution in [1.82, 2.24) is 14.5 Å². The van der Waals surface area contributed by atoms with Gasteiger partial charge in [0.25, 0.3) is 5.56 Å². The fourth-order valence-electron chi connectivity index (χ4n) is 2.31. The molecular weight excluding hydrogens is 331 g/mol. The van der Waals surface area contributed by atoms with Crippen molar-refractivity contribution in [2.75, 3.05) is 12.1 Å². The summed E-state index contributed by atoms with van der Waals surface area (Å²) in [6, 6.07) is 1.53. The Balaban J connectivity index is 1.81. The molecule has 0 bridgehead atoms. The third-order valence-electron chi connectivity index (χ3n) is 3.29. The maximum absolute atomic E-state index is 11.8. The van der Waals surface area contributed by atoms with E-state index in [1.54, 1.807) is 0 Å². The second-order valence-electron chi connectivity index (χ2n) is 4.84. The van der Waals surface area contributed by atoms with Crippen molar-refractivity contribution in [1.29, 1.82) is 0 Å². The molecule has 1 fully saturated rings. The highest BCUT2D eigenvalue weighted by atomic mass is 31.2. The van der Waals surface area contributed by atoms with E-state index >= 15 is 0 Å². The van der Waals surface area contributed by atoms with Crippen molar-refractivity contribution < 1.29 is 29.4 Å². The molecule has 2 aromatic rings. The average Bonchev–Trinajstić information content (AvgIpc) is 3.08. The first-order valence-electron chi connectivity index (χ1n) is 6.60. The monoisotopic (exact) mass is 346 g/mol. The fraction of sp³-hybridized carbons (Fsp3) is 0.455. The molecule has 4 atom stereocenters. The van der Waals surface area contributed by atoms with Gasteiger partial charge in [0.2, 0.25) is 14.3 Å². The second kappa shape index (κ2) is 6.49. The molecule has 1 aliphatic rings. The fourth-order valence-corrected chi connectivity index (χ4v) is 2.56. The number of H-pyrrole nitrogens is 1. The maximum atomic E-state index is 11.8. The van der Waals surface area contributed by atoms with Crippen molar-refractivity contribution >= 4 is 25.4 Å². The molecule has 3 heterocycles. The van der Waals surface area contributed by atoms with E-state index in [1.165, 1.54) is 16.8 Å². The van der Waals surface area contributed by atoms with Gasteiger partial charge in [0.1, 0.15) is 12.5 Å². The van der Waals surface area contributed by atoms with Gasteiger partial charge in [-0.05, 0) is 6.07 Å². The summed E-state index contributed by atoms with van der Waals surface area (Å²) in [6.45, 7) is 0. The molecule has 0 amide bonds. The number of aromatic nitrogens is 3. The van der Waals surface area contributed by atoms with Crippen LogP contribution in [0.3, 0.4) is 0 Å². The number of aromatic amines is 1. The first-order chi connectivity index (χ1) is 11.0. The maximum Gasteiger partial charge on any atom is 0.261 e. The molecule has 0 aromatic carbocycles. The molecule has 0 aliphatic carbocycles. The van der Waals surface area contributed by atoms with Crippen molar-refractivity contribution in [3.8, 4) is 0 Å². The molecule has 23 heavy (non-hydrogen) atoms. The lowest BCUT2D eigenvalue weighted by molar-refractivity contribution is -0.318. The topological polar surface area (TPSA) is 165 Å². The van der Waals surface area contributed by atoms with Crippen molar-refractivity contribution in [3.63, 3.8) is 0 Å². The molecule has 0 saturated carbocycles. The van der Waals surface area contributed by atoms with Gasteiger partial charge in [-0.1, -0.05) is 0 Å². The Labute approximate surface area is 130 Å². The summed E-state index contributed by atoms with van der Waals surface area (Å²) in [6.07, 6.45) is -1.75. The molecule has 3 rings (SSSR count). The standard InChI is InChI=1S/C11H15N4O7P/c12-11-13-8-5(9(18)14-11)1-2-15(8)10-6(17)3-7(20-10)21-22-23(19)4-16/h1-2,6-7,10,16-17,19H,3-4H2,(H3,12,13,14,18)/t6-,7+,10+,23?/m0/s1. The molecule has 11 nitrogen and oxygen atoms in total. The van der Waals surface area contributed by atoms with Crippen LogP contribution >= 0.6 is 8.38 Å². The number of nitrogens with one attached hydrogen (secondary N) is 1. The van der Waals surface area contributed by atoms with Gasteiger partial charge >= 0.3 is 0 Å². The number of nitrogens with zero attached hydrogens (tertiary/aromatic N) is 2. The van der Waals surface area contributed by atoms with Crippen LogP contribution < -0.4 is 11.3 Å². The minimum Gasteiger partial charge on any atom is -0.388 e. The molecule has 126 valence electrons.